The van der Waals surface area contributed by atoms with Crippen molar-refractivity contribution in [3.05, 3.63) is 71.6 Å². The Balaban J connectivity index is 1.44. The van der Waals surface area contributed by atoms with Crippen molar-refractivity contribution in [1.82, 2.24) is 15.5 Å². The lowest BCUT2D eigenvalue weighted by molar-refractivity contribution is -0.118. The second-order valence-corrected chi connectivity index (χ2v) is 6.55. The number of aromatic nitrogens is 2. The van der Waals surface area contributed by atoms with Crippen molar-refractivity contribution in [2.75, 3.05) is 5.75 Å². The second-order valence-electron chi connectivity index (χ2n) is 5.56. The molecule has 0 atom stereocenters. The van der Waals surface area contributed by atoms with Gasteiger partial charge in [0.15, 0.2) is 0 Å². The van der Waals surface area contributed by atoms with Gasteiger partial charge in [-0.2, -0.15) is 0 Å². The third kappa shape index (κ3) is 4.93. The zero-order valence-electron chi connectivity index (χ0n) is 13.9. The first kappa shape index (κ1) is 17.2. The molecule has 1 aromatic heterocycles. The number of carbonyl (C=O) groups is 1. The summed E-state index contributed by atoms with van der Waals surface area (Å²) in [5, 5.41) is 10.8. The quantitative estimate of drug-likeness (QED) is 0.703. The van der Waals surface area contributed by atoms with E-state index in [-0.39, 0.29) is 12.5 Å². The molecule has 1 heterocycles. The van der Waals surface area contributed by atoms with Crippen molar-refractivity contribution >= 4 is 17.7 Å². The Morgan fingerprint density at radius 1 is 1.08 bits per heavy atom. The topological polar surface area (TPSA) is 68.0 Å². The Morgan fingerprint density at radius 2 is 1.84 bits per heavy atom. The van der Waals surface area contributed by atoms with Crippen molar-refractivity contribution in [1.29, 1.82) is 0 Å². The van der Waals surface area contributed by atoms with E-state index in [1.165, 1.54) is 11.1 Å². The molecule has 2 aromatic carbocycles. The zero-order valence-corrected chi connectivity index (χ0v) is 14.8. The van der Waals surface area contributed by atoms with Gasteiger partial charge in [0.1, 0.15) is 0 Å². The van der Waals surface area contributed by atoms with Gasteiger partial charge in [0.05, 0.1) is 12.3 Å². The standard InChI is InChI=1S/C19H19N3O2S/c1-14-7-5-6-10-16(14)12-25-13-17(23)20-11-18-21-22-19(24-18)15-8-3-2-4-9-15/h2-10H,11-13H2,1H3,(H,20,23). The Kier molecular flexibility index (Phi) is 5.85. The van der Waals surface area contributed by atoms with Crippen molar-refractivity contribution < 1.29 is 9.21 Å². The molecule has 5 nitrogen and oxygen atoms in total. The minimum Gasteiger partial charge on any atom is -0.419 e. The number of nitrogens with zero attached hydrogens (tertiary/aromatic N) is 2. The molecular weight excluding hydrogens is 334 g/mol. The fraction of sp³-hybridized carbons (Fsp3) is 0.211. The molecular formula is C19H19N3O2S. The van der Waals surface area contributed by atoms with Crippen LogP contribution in [0.25, 0.3) is 11.5 Å². The largest absolute Gasteiger partial charge is 0.419 e. The summed E-state index contributed by atoms with van der Waals surface area (Å²) in [6, 6.07) is 17.7. The number of benzene rings is 2. The van der Waals surface area contributed by atoms with E-state index in [0.29, 0.717) is 17.5 Å². The number of amides is 1. The molecule has 0 bridgehead atoms. The summed E-state index contributed by atoms with van der Waals surface area (Å²) in [7, 11) is 0. The molecule has 1 N–H and O–H groups in total. The summed E-state index contributed by atoms with van der Waals surface area (Å²) in [6.45, 7) is 2.32. The predicted molar refractivity (Wildman–Crippen MR) is 98.9 cm³/mol. The van der Waals surface area contributed by atoms with Gasteiger partial charge in [-0.3, -0.25) is 4.79 Å². The highest BCUT2D eigenvalue weighted by Gasteiger charge is 2.09. The van der Waals surface area contributed by atoms with E-state index in [1.54, 1.807) is 11.8 Å². The first-order valence-corrected chi connectivity index (χ1v) is 9.14. The van der Waals surface area contributed by atoms with Crippen LogP contribution in [0.3, 0.4) is 0 Å². The van der Waals surface area contributed by atoms with E-state index < -0.39 is 0 Å². The van der Waals surface area contributed by atoms with Gasteiger partial charge >= 0.3 is 0 Å². The number of nitrogens with one attached hydrogen (secondary N) is 1. The van der Waals surface area contributed by atoms with E-state index in [9.17, 15) is 4.79 Å². The highest BCUT2D eigenvalue weighted by Crippen LogP contribution is 2.17. The van der Waals surface area contributed by atoms with Crippen LogP contribution >= 0.6 is 11.8 Å². The summed E-state index contributed by atoms with van der Waals surface area (Å²) in [5.41, 5.74) is 3.36. The van der Waals surface area contributed by atoms with Gasteiger partial charge in [-0.25, -0.2) is 0 Å². The average Bonchev–Trinajstić information content (AvgIpc) is 3.11. The van der Waals surface area contributed by atoms with Gasteiger partial charge in [0, 0.05) is 11.3 Å². The monoisotopic (exact) mass is 353 g/mol. The number of carbonyl (C=O) groups excluding carboxylic acids is 1. The van der Waals surface area contributed by atoms with E-state index in [2.05, 4.69) is 34.6 Å². The third-order valence-corrected chi connectivity index (χ3v) is 4.66. The van der Waals surface area contributed by atoms with Gasteiger partial charge in [-0.1, -0.05) is 42.5 Å². The first-order valence-electron chi connectivity index (χ1n) is 7.99. The molecule has 6 heteroatoms. The number of rotatable bonds is 7. The minimum atomic E-state index is -0.0435. The molecule has 0 aliphatic heterocycles. The van der Waals surface area contributed by atoms with E-state index in [0.717, 1.165) is 11.3 Å². The van der Waals surface area contributed by atoms with E-state index in [1.807, 2.05) is 42.5 Å². The Bertz CT molecular complexity index is 833. The molecule has 0 saturated carbocycles. The molecule has 0 saturated heterocycles. The predicted octanol–water partition coefficient (Wildman–Crippen LogP) is 3.59. The number of thioether (sulfide) groups is 1. The second kappa shape index (κ2) is 8.48. The Morgan fingerprint density at radius 3 is 2.64 bits per heavy atom. The van der Waals surface area contributed by atoms with Crippen molar-refractivity contribution in [2.24, 2.45) is 0 Å². The fourth-order valence-corrected chi connectivity index (χ4v) is 3.21. The molecule has 3 aromatic rings. The molecule has 0 radical (unpaired) electrons. The smallest absolute Gasteiger partial charge is 0.247 e. The highest BCUT2D eigenvalue weighted by molar-refractivity contribution is 7.99. The molecule has 25 heavy (non-hydrogen) atoms. The highest BCUT2D eigenvalue weighted by atomic mass is 32.2. The summed E-state index contributed by atoms with van der Waals surface area (Å²) in [5.74, 6) is 2.03. The van der Waals surface area contributed by atoms with Crippen LogP contribution in [-0.4, -0.2) is 21.9 Å². The van der Waals surface area contributed by atoms with Gasteiger partial charge < -0.3 is 9.73 Å². The molecule has 1 amide bonds. The third-order valence-electron chi connectivity index (χ3n) is 3.68. The number of hydrogen-bond donors (Lipinski definition) is 1. The lowest BCUT2D eigenvalue weighted by Crippen LogP contribution is -2.24. The number of aryl methyl sites for hydroxylation is 1. The first-order chi connectivity index (χ1) is 12.2. The maximum absolute atomic E-state index is 11.9. The van der Waals surface area contributed by atoms with Crippen LogP contribution < -0.4 is 5.32 Å². The van der Waals surface area contributed by atoms with Crippen molar-refractivity contribution in [3.63, 3.8) is 0 Å². The lowest BCUT2D eigenvalue weighted by Gasteiger charge is -2.05. The SMILES string of the molecule is Cc1ccccc1CSCC(=O)NCc1nnc(-c2ccccc2)o1. The van der Waals surface area contributed by atoms with E-state index in [4.69, 9.17) is 4.42 Å². The van der Waals surface area contributed by atoms with Gasteiger partial charge in [-0.05, 0) is 30.2 Å². The summed E-state index contributed by atoms with van der Waals surface area (Å²) >= 11 is 1.59. The maximum atomic E-state index is 11.9. The molecule has 0 spiro atoms. The van der Waals surface area contributed by atoms with Crippen molar-refractivity contribution in [3.8, 4) is 11.5 Å². The summed E-state index contributed by atoms with van der Waals surface area (Å²) in [6.07, 6.45) is 0. The van der Waals surface area contributed by atoms with Crippen LogP contribution in [0.4, 0.5) is 0 Å². The lowest BCUT2D eigenvalue weighted by atomic mass is 10.1. The normalized spacial score (nSPS) is 10.6. The van der Waals surface area contributed by atoms with Crippen LogP contribution in [0.1, 0.15) is 17.0 Å². The van der Waals surface area contributed by atoms with Gasteiger partial charge in [-0.15, -0.1) is 22.0 Å². The Labute approximate surface area is 150 Å². The van der Waals surface area contributed by atoms with Gasteiger partial charge in [0.2, 0.25) is 17.7 Å². The van der Waals surface area contributed by atoms with Crippen LogP contribution in [0.2, 0.25) is 0 Å². The maximum Gasteiger partial charge on any atom is 0.247 e. The molecule has 0 fully saturated rings. The Hall–Kier alpha value is -2.60. The average molecular weight is 353 g/mol. The van der Waals surface area contributed by atoms with Crippen LogP contribution in [-0.2, 0) is 17.1 Å². The zero-order chi connectivity index (χ0) is 17.5. The molecule has 0 aliphatic rings. The summed E-state index contributed by atoms with van der Waals surface area (Å²) < 4.78 is 5.57. The van der Waals surface area contributed by atoms with E-state index >= 15 is 0 Å². The summed E-state index contributed by atoms with van der Waals surface area (Å²) in [4.78, 5) is 11.9. The van der Waals surface area contributed by atoms with Crippen LogP contribution in [0.15, 0.2) is 59.0 Å². The van der Waals surface area contributed by atoms with Crippen LogP contribution in [0, 0.1) is 6.92 Å². The molecule has 0 unspecified atom stereocenters. The molecule has 128 valence electrons. The van der Waals surface area contributed by atoms with Crippen LogP contribution in [0.5, 0.6) is 0 Å². The molecule has 0 aliphatic carbocycles. The van der Waals surface area contributed by atoms with Crippen molar-refractivity contribution in [2.45, 2.75) is 19.2 Å². The minimum absolute atomic E-state index is 0.0435. The molecule has 3 rings (SSSR count). The number of hydrogen-bond acceptors (Lipinski definition) is 5. The fourth-order valence-electron chi connectivity index (χ4n) is 2.27. The van der Waals surface area contributed by atoms with Gasteiger partial charge in [0.25, 0.3) is 0 Å².